The highest BCUT2D eigenvalue weighted by Gasteiger charge is 2.27. The van der Waals surface area contributed by atoms with Crippen molar-refractivity contribution >= 4 is 34.1 Å². The molecule has 0 unspecified atom stereocenters. The van der Waals surface area contributed by atoms with Gasteiger partial charge in [-0.2, -0.15) is 5.10 Å². The average Bonchev–Trinajstić information content (AvgIpc) is 3.09. The van der Waals surface area contributed by atoms with Crippen LogP contribution in [0.25, 0.3) is 10.9 Å². The van der Waals surface area contributed by atoms with E-state index in [1.165, 1.54) is 0 Å². The van der Waals surface area contributed by atoms with Gasteiger partial charge in [0.1, 0.15) is 5.15 Å². The third kappa shape index (κ3) is 3.87. The number of piperidine rings is 1. The second-order valence-electron chi connectivity index (χ2n) is 7.69. The van der Waals surface area contributed by atoms with Crippen LogP contribution in [0.15, 0.2) is 41.3 Å². The van der Waals surface area contributed by atoms with E-state index in [0.29, 0.717) is 23.8 Å². The molecule has 1 aliphatic rings. The number of para-hydroxylation sites is 1. The summed E-state index contributed by atoms with van der Waals surface area (Å²) in [6, 6.07) is 9.62. The molecule has 1 amide bonds. The number of carbonyl (C=O) groups is 1. The van der Waals surface area contributed by atoms with Crippen LogP contribution >= 0.6 is 11.6 Å². The van der Waals surface area contributed by atoms with Crippen molar-refractivity contribution in [1.82, 2.24) is 19.7 Å². The Balaban J connectivity index is 1.44. The molecule has 0 spiro atoms. The van der Waals surface area contributed by atoms with E-state index in [2.05, 4.69) is 15.4 Å². The number of fused-ring (bicyclic) bond motifs is 1. The summed E-state index contributed by atoms with van der Waals surface area (Å²) in [5, 5.41) is 9.10. The number of halogens is 1. The second kappa shape index (κ2) is 7.91. The number of nitrogens with zero attached hydrogens (tertiary/aromatic N) is 3. The lowest BCUT2D eigenvalue weighted by Crippen LogP contribution is -2.42. The topological polar surface area (TPSA) is 83.0 Å². The quantitative estimate of drug-likeness (QED) is 0.683. The van der Waals surface area contributed by atoms with Crippen molar-refractivity contribution in [3.05, 3.63) is 57.6 Å². The molecule has 1 saturated heterocycles. The fourth-order valence-corrected chi connectivity index (χ4v) is 4.16. The zero-order valence-corrected chi connectivity index (χ0v) is 17.2. The van der Waals surface area contributed by atoms with Crippen LogP contribution < -0.4 is 10.9 Å². The number of nitrogens with one attached hydrogen (secondary N) is 2. The smallest absolute Gasteiger partial charge is 0.258 e. The summed E-state index contributed by atoms with van der Waals surface area (Å²) in [6.07, 6.45) is 3.14. The van der Waals surface area contributed by atoms with Crippen molar-refractivity contribution in [1.29, 1.82) is 0 Å². The molecule has 2 N–H and O–H groups in total. The number of pyridine rings is 1. The Labute approximate surface area is 173 Å². The maximum Gasteiger partial charge on any atom is 0.258 e. The van der Waals surface area contributed by atoms with E-state index in [9.17, 15) is 9.59 Å². The van der Waals surface area contributed by atoms with Crippen LogP contribution in [0.1, 0.15) is 43.1 Å². The molecule has 0 radical (unpaired) electrons. The zero-order chi connectivity index (χ0) is 20.5. The van der Waals surface area contributed by atoms with Gasteiger partial charge in [0.05, 0.1) is 17.3 Å². The van der Waals surface area contributed by atoms with E-state index in [0.717, 1.165) is 29.4 Å². The van der Waals surface area contributed by atoms with E-state index < -0.39 is 0 Å². The number of anilines is 1. The molecule has 1 aliphatic heterocycles. The van der Waals surface area contributed by atoms with Gasteiger partial charge in [-0.3, -0.25) is 14.3 Å². The molecule has 152 valence electrons. The van der Waals surface area contributed by atoms with Crippen molar-refractivity contribution in [2.24, 2.45) is 0 Å². The van der Waals surface area contributed by atoms with Gasteiger partial charge in [-0.15, -0.1) is 0 Å². The normalized spacial score (nSPS) is 15.2. The predicted molar refractivity (Wildman–Crippen MR) is 115 cm³/mol. The SMILES string of the molecule is CC(C)n1ncc(C(=O)N2CCC(Nc3cc(=O)[nH]c4ccccc34)CC2)c1Cl. The van der Waals surface area contributed by atoms with Crippen LogP contribution in [-0.2, 0) is 0 Å². The minimum atomic E-state index is -0.129. The number of aromatic amines is 1. The summed E-state index contributed by atoms with van der Waals surface area (Å²) >= 11 is 6.35. The second-order valence-corrected chi connectivity index (χ2v) is 8.05. The van der Waals surface area contributed by atoms with Crippen molar-refractivity contribution in [2.45, 2.75) is 38.8 Å². The Hall–Kier alpha value is -2.80. The monoisotopic (exact) mass is 413 g/mol. The van der Waals surface area contributed by atoms with Gasteiger partial charge in [0, 0.05) is 42.3 Å². The number of amides is 1. The van der Waals surface area contributed by atoms with E-state index in [-0.39, 0.29) is 23.6 Å². The molecule has 3 aromatic rings. The Morgan fingerprint density at radius 1 is 1.28 bits per heavy atom. The summed E-state index contributed by atoms with van der Waals surface area (Å²) in [5.41, 5.74) is 1.96. The van der Waals surface area contributed by atoms with Gasteiger partial charge in [0.25, 0.3) is 5.91 Å². The standard InChI is InChI=1S/C21H24ClN5O2/c1-13(2)27-20(22)16(12-23-27)21(29)26-9-7-14(8-10-26)24-18-11-19(28)25-17-6-4-3-5-15(17)18/h3-6,11-14H,7-10H2,1-2H3,(H2,24,25,28). The lowest BCUT2D eigenvalue weighted by Gasteiger charge is -2.33. The lowest BCUT2D eigenvalue weighted by molar-refractivity contribution is 0.0718. The van der Waals surface area contributed by atoms with Gasteiger partial charge < -0.3 is 15.2 Å². The molecule has 29 heavy (non-hydrogen) atoms. The number of hydrogen-bond acceptors (Lipinski definition) is 4. The van der Waals surface area contributed by atoms with Crippen LogP contribution in [0, 0.1) is 0 Å². The van der Waals surface area contributed by atoms with Crippen molar-refractivity contribution in [3.63, 3.8) is 0 Å². The third-order valence-corrected chi connectivity index (χ3v) is 5.72. The van der Waals surface area contributed by atoms with E-state index in [1.807, 2.05) is 43.0 Å². The molecule has 4 rings (SSSR count). The van der Waals surface area contributed by atoms with E-state index in [4.69, 9.17) is 11.6 Å². The van der Waals surface area contributed by atoms with Crippen molar-refractivity contribution in [3.8, 4) is 0 Å². The number of benzene rings is 1. The third-order valence-electron chi connectivity index (χ3n) is 5.35. The van der Waals surface area contributed by atoms with E-state index in [1.54, 1.807) is 16.9 Å². The lowest BCUT2D eigenvalue weighted by atomic mass is 10.0. The van der Waals surface area contributed by atoms with Gasteiger partial charge in [0.2, 0.25) is 5.56 Å². The van der Waals surface area contributed by atoms with Crippen LogP contribution in [-0.4, -0.2) is 44.7 Å². The summed E-state index contributed by atoms with van der Waals surface area (Å²) < 4.78 is 1.65. The fourth-order valence-electron chi connectivity index (χ4n) is 3.79. The van der Waals surface area contributed by atoms with E-state index >= 15 is 0 Å². The number of H-pyrrole nitrogens is 1. The first kappa shape index (κ1) is 19.5. The Morgan fingerprint density at radius 2 is 2.00 bits per heavy atom. The first-order valence-corrected chi connectivity index (χ1v) is 10.2. The molecule has 0 atom stereocenters. The van der Waals surface area contributed by atoms with Crippen molar-refractivity contribution in [2.75, 3.05) is 18.4 Å². The van der Waals surface area contributed by atoms with Crippen LogP contribution in [0.4, 0.5) is 5.69 Å². The Morgan fingerprint density at radius 3 is 2.69 bits per heavy atom. The predicted octanol–water partition coefficient (Wildman–Crippen LogP) is 3.68. The summed E-state index contributed by atoms with van der Waals surface area (Å²) in [4.78, 5) is 29.5. The van der Waals surface area contributed by atoms with Gasteiger partial charge in [-0.25, -0.2) is 0 Å². The van der Waals surface area contributed by atoms with Gasteiger partial charge in [-0.05, 0) is 32.8 Å². The maximum absolute atomic E-state index is 12.9. The molecule has 2 aromatic heterocycles. The number of hydrogen-bond donors (Lipinski definition) is 2. The Bertz CT molecular complexity index is 1100. The zero-order valence-electron chi connectivity index (χ0n) is 16.5. The molecule has 0 saturated carbocycles. The van der Waals surface area contributed by atoms with Crippen LogP contribution in [0.5, 0.6) is 0 Å². The largest absolute Gasteiger partial charge is 0.381 e. The Kier molecular flexibility index (Phi) is 5.32. The molecule has 0 aliphatic carbocycles. The van der Waals surface area contributed by atoms with Crippen LogP contribution in [0.2, 0.25) is 5.15 Å². The number of aromatic nitrogens is 3. The summed E-state index contributed by atoms with van der Waals surface area (Å²) in [7, 11) is 0. The molecule has 8 heteroatoms. The molecule has 7 nitrogen and oxygen atoms in total. The molecule has 3 heterocycles. The average molecular weight is 414 g/mol. The van der Waals surface area contributed by atoms with Gasteiger partial charge in [-0.1, -0.05) is 29.8 Å². The first-order chi connectivity index (χ1) is 13.9. The number of carbonyl (C=O) groups excluding carboxylic acids is 1. The van der Waals surface area contributed by atoms with Gasteiger partial charge >= 0.3 is 0 Å². The molecular formula is C21H24ClN5O2. The van der Waals surface area contributed by atoms with Gasteiger partial charge in [0.15, 0.2) is 0 Å². The first-order valence-electron chi connectivity index (χ1n) is 9.85. The minimum Gasteiger partial charge on any atom is -0.381 e. The maximum atomic E-state index is 12.9. The molecule has 1 fully saturated rings. The minimum absolute atomic E-state index is 0.0815. The molecule has 0 bridgehead atoms. The highest BCUT2D eigenvalue weighted by atomic mass is 35.5. The molecular weight excluding hydrogens is 390 g/mol. The number of rotatable bonds is 4. The van der Waals surface area contributed by atoms with Crippen molar-refractivity contribution < 1.29 is 4.79 Å². The fraction of sp³-hybridized carbons (Fsp3) is 0.381. The highest BCUT2D eigenvalue weighted by molar-refractivity contribution is 6.32. The summed E-state index contributed by atoms with van der Waals surface area (Å²) in [6.45, 7) is 5.20. The van der Waals surface area contributed by atoms with Crippen LogP contribution in [0.3, 0.4) is 0 Å². The molecule has 1 aromatic carbocycles. The summed E-state index contributed by atoms with van der Waals surface area (Å²) in [5.74, 6) is -0.0815. The number of likely N-dealkylation sites (tertiary alicyclic amines) is 1. The highest BCUT2D eigenvalue weighted by Crippen LogP contribution is 2.25.